The summed E-state index contributed by atoms with van der Waals surface area (Å²) in [6, 6.07) is 9.78. The van der Waals surface area contributed by atoms with E-state index < -0.39 is 0 Å². The highest BCUT2D eigenvalue weighted by molar-refractivity contribution is 5.85. The summed E-state index contributed by atoms with van der Waals surface area (Å²) in [6.07, 6.45) is 6.16. The van der Waals surface area contributed by atoms with Gasteiger partial charge in [0.2, 0.25) is 11.8 Å². The summed E-state index contributed by atoms with van der Waals surface area (Å²) in [6.45, 7) is 5.40. The van der Waals surface area contributed by atoms with Crippen molar-refractivity contribution in [3.8, 4) is 0 Å². The molecular formula is C22H27N5O2. The quantitative estimate of drug-likeness (QED) is 0.796. The van der Waals surface area contributed by atoms with E-state index in [2.05, 4.69) is 14.9 Å². The van der Waals surface area contributed by atoms with Gasteiger partial charge in [-0.15, -0.1) is 0 Å². The van der Waals surface area contributed by atoms with E-state index in [9.17, 15) is 9.59 Å². The maximum Gasteiger partial charge on any atom is 0.228 e. The van der Waals surface area contributed by atoms with Gasteiger partial charge in [-0.1, -0.05) is 30.3 Å². The Hall–Kier alpha value is -2.96. The molecule has 7 heteroatoms. The third-order valence-electron chi connectivity index (χ3n) is 5.97. The molecule has 0 N–H and O–H groups in total. The van der Waals surface area contributed by atoms with E-state index in [0.29, 0.717) is 32.5 Å². The number of amides is 2. The van der Waals surface area contributed by atoms with Crippen LogP contribution in [0, 0.1) is 5.92 Å². The third kappa shape index (κ3) is 3.95. The first-order valence-electron chi connectivity index (χ1n) is 10.3. The molecule has 3 heterocycles. The highest BCUT2D eigenvalue weighted by Gasteiger charge is 2.41. The second-order valence-electron chi connectivity index (χ2n) is 7.56. The molecule has 7 nitrogen and oxygen atoms in total. The molecule has 0 radical (unpaired) electrons. The van der Waals surface area contributed by atoms with Gasteiger partial charge in [0.05, 0.1) is 18.2 Å². The van der Waals surface area contributed by atoms with Crippen LogP contribution >= 0.6 is 0 Å². The maximum atomic E-state index is 13.5. The highest BCUT2D eigenvalue weighted by atomic mass is 16.2. The van der Waals surface area contributed by atoms with Crippen molar-refractivity contribution in [3.05, 3.63) is 54.5 Å². The molecule has 0 bridgehead atoms. The number of benzene rings is 1. The summed E-state index contributed by atoms with van der Waals surface area (Å²) in [4.78, 5) is 40.5. The van der Waals surface area contributed by atoms with E-state index in [-0.39, 0.29) is 23.8 Å². The SMILES string of the molecule is CCN1C(=O)CC[C@@H](C(=O)N2CCN(c3cnccn3)CC2)[C@@H]1c1ccccc1. The minimum Gasteiger partial charge on any atom is -0.352 e. The summed E-state index contributed by atoms with van der Waals surface area (Å²) in [5.74, 6) is 0.946. The number of nitrogens with zero attached hydrogens (tertiary/aromatic N) is 5. The average molecular weight is 393 g/mol. The van der Waals surface area contributed by atoms with E-state index >= 15 is 0 Å². The number of rotatable bonds is 4. The molecule has 2 aliphatic rings. The van der Waals surface area contributed by atoms with Gasteiger partial charge in [0.15, 0.2) is 0 Å². The van der Waals surface area contributed by atoms with Crippen LogP contribution in [0.2, 0.25) is 0 Å². The minimum absolute atomic E-state index is 0.137. The second-order valence-corrected chi connectivity index (χ2v) is 7.56. The fourth-order valence-corrected chi connectivity index (χ4v) is 4.49. The lowest BCUT2D eigenvalue weighted by Crippen LogP contribution is -2.54. The number of aromatic nitrogens is 2. The number of anilines is 1. The number of carbonyl (C=O) groups excluding carboxylic acids is 2. The van der Waals surface area contributed by atoms with Crippen molar-refractivity contribution in [2.45, 2.75) is 25.8 Å². The first-order valence-corrected chi connectivity index (χ1v) is 10.3. The third-order valence-corrected chi connectivity index (χ3v) is 5.97. The maximum absolute atomic E-state index is 13.5. The smallest absolute Gasteiger partial charge is 0.228 e. The van der Waals surface area contributed by atoms with Crippen LogP contribution in [0.15, 0.2) is 48.9 Å². The number of likely N-dealkylation sites (tertiary alicyclic amines) is 1. The Morgan fingerprint density at radius 2 is 1.86 bits per heavy atom. The van der Waals surface area contributed by atoms with E-state index in [0.717, 1.165) is 24.5 Å². The molecule has 2 aromatic rings. The first-order chi connectivity index (χ1) is 14.2. The van der Waals surface area contributed by atoms with Crippen LogP contribution in [0.25, 0.3) is 0 Å². The molecule has 152 valence electrons. The molecule has 0 unspecified atom stereocenters. The Labute approximate surface area is 171 Å². The Morgan fingerprint density at radius 1 is 1.10 bits per heavy atom. The second kappa shape index (κ2) is 8.59. The molecule has 1 aromatic carbocycles. The largest absolute Gasteiger partial charge is 0.352 e. The van der Waals surface area contributed by atoms with Crippen molar-refractivity contribution >= 4 is 17.6 Å². The lowest BCUT2D eigenvalue weighted by atomic mass is 9.83. The lowest BCUT2D eigenvalue weighted by Gasteiger charge is -2.43. The van der Waals surface area contributed by atoms with Crippen molar-refractivity contribution in [2.24, 2.45) is 5.92 Å². The summed E-state index contributed by atoms with van der Waals surface area (Å²) >= 11 is 0. The molecule has 0 aliphatic carbocycles. The van der Waals surface area contributed by atoms with Gasteiger partial charge in [0.25, 0.3) is 0 Å². The summed E-state index contributed by atoms with van der Waals surface area (Å²) in [5.41, 5.74) is 1.04. The molecule has 2 aliphatic heterocycles. The zero-order valence-electron chi connectivity index (χ0n) is 16.8. The fraction of sp³-hybridized carbons (Fsp3) is 0.455. The minimum atomic E-state index is -0.196. The Balaban J connectivity index is 1.50. The van der Waals surface area contributed by atoms with Gasteiger partial charge in [-0.05, 0) is 18.9 Å². The van der Waals surface area contributed by atoms with Crippen molar-refractivity contribution in [1.82, 2.24) is 19.8 Å². The van der Waals surface area contributed by atoms with Crippen LogP contribution < -0.4 is 4.90 Å². The predicted molar refractivity (Wildman–Crippen MR) is 110 cm³/mol. The van der Waals surface area contributed by atoms with Gasteiger partial charge in [0.1, 0.15) is 5.82 Å². The van der Waals surface area contributed by atoms with Crippen LogP contribution in [0.5, 0.6) is 0 Å². The van der Waals surface area contributed by atoms with Gasteiger partial charge < -0.3 is 14.7 Å². The average Bonchev–Trinajstić information content (AvgIpc) is 2.79. The first kappa shape index (κ1) is 19.4. The zero-order chi connectivity index (χ0) is 20.2. The van der Waals surface area contributed by atoms with E-state index in [1.807, 2.05) is 47.1 Å². The van der Waals surface area contributed by atoms with Crippen molar-refractivity contribution in [2.75, 3.05) is 37.6 Å². The van der Waals surface area contributed by atoms with E-state index in [1.54, 1.807) is 18.6 Å². The molecule has 2 saturated heterocycles. The monoisotopic (exact) mass is 393 g/mol. The number of hydrogen-bond acceptors (Lipinski definition) is 5. The van der Waals surface area contributed by atoms with Gasteiger partial charge in [-0.25, -0.2) is 4.98 Å². The molecule has 0 spiro atoms. The van der Waals surface area contributed by atoms with Crippen molar-refractivity contribution in [3.63, 3.8) is 0 Å². The van der Waals surface area contributed by atoms with Gasteiger partial charge in [0, 0.05) is 51.5 Å². The predicted octanol–water partition coefficient (Wildman–Crippen LogP) is 2.12. The van der Waals surface area contributed by atoms with Gasteiger partial charge in [-0.2, -0.15) is 0 Å². The molecular weight excluding hydrogens is 366 g/mol. The normalized spacial score (nSPS) is 22.7. The summed E-state index contributed by atoms with van der Waals surface area (Å²) in [7, 11) is 0. The Kier molecular flexibility index (Phi) is 5.74. The molecule has 4 rings (SSSR count). The van der Waals surface area contributed by atoms with Crippen LogP contribution in [0.4, 0.5) is 5.82 Å². The molecule has 2 atom stereocenters. The Morgan fingerprint density at radius 3 is 2.52 bits per heavy atom. The Bertz CT molecular complexity index is 837. The van der Waals surface area contributed by atoms with E-state index in [1.165, 1.54) is 0 Å². The van der Waals surface area contributed by atoms with Gasteiger partial charge in [-0.3, -0.25) is 14.6 Å². The molecule has 1 aromatic heterocycles. The van der Waals surface area contributed by atoms with Crippen LogP contribution in [-0.4, -0.2) is 64.3 Å². The molecule has 2 amide bonds. The van der Waals surface area contributed by atoms with Crippen molar-refractivity contribution in [1.29, 1.82) is 0 Å². The standard InChI is InChI=1S/C22H27N5O2/c1-2-27-20(28)9-8-18(21(27)17-6-4-3-5-7-17)22(29)26-14-12-25(13-15-26)19-16-23-10-11-24-19/h3-7,10-11,16,18,21H,2,8-9,12-15H2,1H3/t18-,21+/m1/s1. The van der Waals surface area contributed by atoms with E-state index in [4.69, 9.17) is 0 Å². The number of carbonyl (C=O) groups is 2. The number of piperazine rings is 1. The topological polar surface area (TPSA) is 69.6 Å². The van der Waals surface area contributed by atoms with Crippen LogP contribution in [-0.2, 0) is 9.59 Å². The summed E-state index contributed by atoms with van der Waals surface area (Å²) < 4.78 is 0. The summed E-state index contributed by atoms with van der Waals surface area (Å²) in [5, 5.41) is 0. The molecule has 0 saturated carbocycles. The van der Waals surface area contributed by atoms with Crippen LogP contribution in [0.3, 0.4) is 0 Å². The fourth-order valence-electron chi connectivity index (χ4n) is 4.49. The van der Waals surface area contributed by atoms with Crippen molar-refractivity contribution < 1.29 is 9.59 Å². The van der Waals surface area contributed by atoms with Crippen LogP contribution in [0.1, 0.15) is 31.4 Å². The lowest BCUT2D eigenvalue weighted by molar-refractivity contribution is -0.148. The zero-order valence-corrected chi connectivity index (χ0v) is 16.8. The molecule has 29 heavy (non-hydrogen) atoms. The van der Waals surface area contributed by atoms with Gasteiger partial charge >= 0.3 is 0 Å². The number of hydrogen-bond donors (Lipinski definition) is 0. The number of piperidine rings is 1. The highest BCUT2D eigenvalue weighted by Crippen LogP contribution is 2.37. The molecule has 2 fully saturated rings.